The Balaban J connectivity index is 3.03. The summed E-state index contributed by atoms with van der Waals surface area (Å²) in [6, 6.07) is 0. The second kappa shape index (κ2) is 14.2. The van der Waals surface area contributed by atoms with Crippen molar-refractivity contribution in [2.24, 2.45) is 0 Å². The fourth-order valence-electron chi connectivity index (χ4n) is 1.10. The average Bonchev–Trinajstić information content (AvgIpc) is 2.36. The van der Waals surface area contributed by atoms with Crippen LogP contribution in [0, 0.1) is 0 Å². The SMILES string of the molecule is C=CCOCCOCCOCCOC(=O)CCC. The van der Waals surface area contributed by atoms with Gasteiger partial charge in [-0.05, 0) is 6.42 Å². The van der Waals surface area contributed by atoms with Gasteiger partial charge in [0.2, 0.25) is 0 Å². The number of hydrogen-bond donors (Lipinski definition) is 0. The summed E-state index contributed by atoms with van der Waals surface area (Å²) in [5.41, 5.74) is 0. The highest BCUT2D eigenvalue weighted by atomic mass is 16.6. The van der Waals surface area contributed by atoms with Gasteiger partial charge in [-0.15, -0.1) is 6.58 Å². The molecule has 0 aliphatic carbocycles. The second-order valence-electron chi connectivity index (χ2n) is 3.56. The molecule has 0 heterocycles. The van der Waals surface area contributed by atoms with Gasteiger partial charge in [0.15, 0.2) is 0 Å². The maximum atomic E-state index is 11.0. The molecule has 0 amide bonds. The summed E-state index contributed by atoms with van der Waals surface area (Å²) < 4.78 is 20.5. The summed E-state index contributed by atoms with van der Waals surface area (Å²) >= 11 is 0. The quantitative estimate of drug-likeness (QED) is 0.286. The molecule has 0 radical (unpaired) electrons. The van der Waals surface area contributed by atoms with Crippen LogP contribution in [0.2, 0.25) is 0 Å². The van der Waals surface area contributed by atoms with Gasteiger partial charge in [-0.25, -0.2) is 0 Å². The zero-order valence-electron chi connectivity index (χ0n) is 11.2. The van der Waals surface area contributed by atoms with E-state index in [1.807, 2.05) is 6.92 Å². The minimum atomic E-state index is -0.170. The van der Waals surface area contributed by atoms with Crippen LogP contribution >= 0.6 is 0 Å². The monoisotopic (exact) mass is 260 g/mol. The highest BCUT2D eigenvalue weighted by molar-refractivity contribution is 5.69. The Hall–Kier alpha value is -0.910. The number of hydrogen-bond acceptors (Lipinski definition) is 5. The van der Waals surface area contributed by atoms with Crippen LogP contribution in [0.15, 0.2) is 12.7 Å². The molecule has 0 fully saturated rings. The lowest BCUT2D eigenvalue weighted by Crippen LogP contribution is -2.13. The predicted molar refractivity (Wildman–Crippen MR) is 68.5 cm³/mol. The van der Waals surface area contributed by atoms with Crippen molar-refractivity contribution in [3.05, 3.63) is 12.7 Å². The average molecular weight is 260 g/mol. The molecule has 0 saturated carbocycles. The van der Waals surface area contributed by atoms with Gasteiger partial charge in [0.25, 0.3) is 0 Å². The Labute approximate surface area is 109 Å². The second-order valence-corrected chi connectivity index (χ2v) is 3.56. The summed E-state index contributed by atoms with van der Waals surface area (Å²) in [6.45, 7) is 8.84. The molecule has 0 aromatic carbocycles. The number of rotatable bonds is 13. The minimum absolute atomic E-state index is 0.170. The van der Waals surface area contributed by atoms with Crippen molar-refractivity contribution in [1.82, 2.24) is 0 Å². The van der Waals surface area contributed by atoms with Crippen LogP contribution in [-0.2, 0) is 23.7 Å². The van der Waals surface area contributed by atoms with Crippen molar-refractivity contribution < 1.29 is 23.7 Å². The third-order valence-electron chi connectivity index (χ3n) is 1.92. The van der Waals surface area contributed by atoms with Gasteiger partial charge in [0, 0.05) is 6.42 Å². The van der Waals surface area contributed by atoms with Crippen LogP contribution in [0.3, 0.4) is 0 Å². The Bertz CT molecular complexity index is 206. The van der Waals surface area contributed by atoms with E-state index in [2.05, 4.69) is 6.58 Å². The van der Waals surface area contributed by atoms with E-state index < -0.39 is 0 Å². The summed E-state index contributed by atoms with van der Waals surface area (Å²) in [4.78, 5) is 11.0. The highest BCUT2D eigenvalue weighted by Crippen LogP contribution is 1.91. The van der Waals surface area contributed by atoms with Gasteiger partial charge in [-0.3, -0.25) is 4.79 Å². The molecule has 5 heteroatoms. The van der Waals surface area contributed by atoms with Crippen molar-refractivity contribution in [3.63, 3.8) is 0 Å². The van der Waals surface area contributed by atoms with Gasteiger partial charge in [-0.1, -0.05) is 13.0 Å². The summed E-state index contributed by atoms with van der Waals surface area (Å²) in [7, 11) is 0. The molecule has 0 atom stereocenters. The van der Waals surface area contributed by atoms with E-state index in [-0.39, 0.29) is 5.97 Å². The summed E-state index contributed by atoms with van der Waals surface area (Å²) in [5, 5.41) is 0. The molecule has 5 nitrogen and oxygen atoms in total. The van der Waals surface area contributed by atoms with Crippen LogP contribution in [-0.4, -0.2) is 52.2 Å². The summed E-state index contributed by atoms with van der Waals surface area (Å²) in [6.07, 6.45) is 2.97. The van der Waals surface area contributed by atoms with Gasteiger partial charge in [0.1, 0.15) is 6.61 Å². The van der Waals surface area contributed by atoms with Crippen molar-refractivity contribution in [2.75, 3.05) is 46.2 Å². The Kier molecular flexibility index (Phi) is 13.4. The molecule has 18 heavy (non-hydrogen) atoms. The maximum Gasteiger partial charge on any atom is 0.305 e. The molecule has 0 aliphatic heterocycles. The van der Waals surface area contributed by atoms with Crippen LogP contribution < -0.4 is 0 Å². The zero-order chi connectivity index (χ0) is 13.5. The molecular weight excluding hydrogens is 236 g/mol. The molecule has 0 aromatic heterocycles. The number of carbonyl (C=O) groups is 1. The lowest BCUT2D eigenvalue weighted by Gasteiger charge is -2.06. The van der Waals surface area contributed by atoms with Crippen LogP contribution in [0.1, 0.15) is 19.8 Å². The lowest BCUT2D eigenvalue weighted by molar-refractivity contribution is -0.145. The van der Waals surface area contributed by atoms with E-state index in [9.17, 15) is 4.79 Å². The molecule has 0 spiro atoms. The van der Waals surface area contributed by atoms with Crippen molar-refractivity contribution >= 4 is 5.97 Å². The van der Waals surface area contributed by atoms with E-state index in [1.165, 1.54) is 0 Å². The first-order valence-electron chi connectivity index (χ1n) is 6.31. The number of esters is 1. The third-order valence-corrected chi connectivity index (χ3v) is 1.92. The highest BCUT2D eigenvalue weighted by Gasteiger charge is 1.99. The molecule has 0 unspecified atom stereocenters. The van der Waals surface area contributed by atoms with Crippen molar-refractivity contribution in [3.8, 4) is 0 Å². The first-order valence-corrected chi connectivity index (χ1v) is 6.31. The molecule has 0 N–H and O–H groups in total. The van der Waals surface area contributed by atoms with Gasteiger partial charge >= 0.3 is 5.97 Å². The fourth-order valence-corrected chi connectivity index (χ4v) is 1.10. The lowest BCUT2D eigenvalue weighted by atomic mass is 10.3. The standard InChI is InChI=1S/C13H24O5/c1-3-5-13(14)18-12-11-17-10-9-16-8-7-15-6-4-2/h4H,2-3,5-12H2,1H3. The molecular formula is C13H24O5. The number of carbonyl (C=O) groups excluding carboxylic acids is 1. The van der Waals surface area contributed by atoms with E-state index in [4.69, 9.17) is 18.9 Å². The topological polar surface area (TPSA) is 54.0 Å². The third kappa shape index (κ3) is 13.2. The maximum absolute atomic E-state index is 11.0. The molecule has 0 aliphatic rings. The first-order chi connectivity index (χ1) is 8.81. The van der Waals surface area contributed by atoms with E-state index in [0.29, 0.717) is 52.7 Å². The van der Waals surface area contributed by atoms with Gasteiger partial charge < -0.3 is 18.9 Å². The molecule has 0 saturated heterocycles. The fraction of sp³-hybridized carbons (Fsp3) is 0.769. The van der Waals surface area contributed by atoms with Crippen LogP contribution in [0.5, 0.6) is 0 Å². The zero-order valence-corrected chi connectivity index (χ0v) is 11.2. The summed E-state index contributed by atoms with van der Waals surface area (Å²) in [5.74, 6) is -0.170. The normalized spacial score (nSPS) is 10.3. The predicted octanol–water partition coefficient (Wildman–Crippen LogP) is 1.57. The smallest absolute Gasteiger partial charge is 0.305 e. The Morgan fingerprint density at radius 1 is 1.00 bits per heavy atom. The molecule has 106 valence electrons. The minimum Gasteiger partial charge on any atom is -0.463 e. The Morgan fingerprint density at radius 3 is 2.11 bits per heavy atom. The van der Waals surface area contributed by atoms with E-state index in [0.717, 1.165) is 6.42 Å². The molecule has 0 bridgehead atoms. The first kappa shape index (κ1) is 17.1. The van der Waals surface area contributed by atoms with Crippen LogP contribution in [0.25, 0.3) is 0 Å². The Morgan fingerprint density at radius 2 is 1.56 bits per heavy atom. The van der Waals surface area contributed by atoms with Gasteiger partial charge in [-0.2, -0.15) is 0 Å². The number of ether oxygens (including phenoxy) is 4. The molecule has 0 rings (SSSR count). The van der Waals surface area contributed by atoms with Gasteiger partial charge in [0.05, 0.1) is 39.6 Å². The van der Waals surface area contributed by atoms with Crippen molar-refractivity contribution in [2.45, 2.75) is 19.8 Å². The van der Waals surface area contributed by atoms with Crippen LogP contribution in [0.4, 0.5) is 0 Å². The largest absolute Gasteiger partial charge is 0.463 e. The molecule has 0 aromatic rings. The van der Waals surface area contributed by atoms with Crippen molar-refractivity contribution in [1.29, 1.82) is 0 Å². The van der Waals surface area contributed by atoms with E-state index in [1.54, 1.807) is 6.08 Å². The van der Waals surface area contributed by atoms with E-state index >= 15 is 0 Å².